The van der Waals surface area contributed by atoms with Crippen LogP contribution in [0.1, 0.15) is 36.7 Å². The van der Waals surface area contributed by atoms with Gasteiger partial charge < -0.3 is 10.1 Å². The maximum Gasteiger partial charge on any atom is 0.251 e. The fraction of sp³-hybridized carbons (Fsp3) is 0.350. The molecule has 0 heterocycles. The summed E-state index contributed by atoms with van der Waals surface area (Å²) in [5, 5.41) is 2.82. The van der Waals surface area contributed by atoms with Crippen LogP contribution >= 0.6 is 0 Å². The maximum atomic E-state index is 12.6. The minimum Gasteiger partial charge on any atom is -0.494 e. The number of nitrogens with one attached hydrogen (secondary N) is 1. The molecule has 0 unspecified atom stereocenters. The molecule has 0 aliphatic rings. The number of rotatable bonds is 9. The van der Waals surface area contributed by atoms with Gasteiger partial charge in [-0.15, -0.1) is 0 Å². The van der Waals surface area contributed by atoms with Crippen LogP contribution in [0.15, 0.2) is 53.4 Å². The molecule has 1 amide bonds. The Kier molecular flexibility index (Phi) is 7.38. The Labute approximate surface area is 161 Å². The molecule has 0 saturated heterocycles. The van der Waals surface area contributed by atoms with E-state index in [9.17, 15) is 13.2 Å². The van der Waals surface area contributed by atoms with E-state index in [1.807, 2.05) is 31.2 Å². The number of carbonyl (C=O) groups is 1. The lowest BCUT2D eigenvalue weighted by Crippen LogP contribution is -2.31. The first-order valence-electron chi connectivity index (χ1n) is 9.03. The minimum atomic E-state index is -3.61. The van der Waals surface area contributed by atoms with E-state index in [1.165, 1.54) is 16.4 Å². The van der Waals surface area contributed by atoms with Crippen molar-refractivity contribution in [2.75, 3.05) is 19.7 Å². The van der Waals surface area contributed by atoms with Gasteiger partial charge in [-0.25, -0.2) is 8.42 Å². The molecule has 0 aliphatic heterocycles. The molecule has 2 rings (SSSR count). The van der Waals surface area contributed by atoms with Crippen LogP contribution < -0.4 is 10.1 Å². The van der Waals surface area contributed by atoms with Crippen LogP contribution in [0.25, 0.3) is 0 Å². The number of hydrogen-bond donors (Lipinski definition) is 1. The summed E-state index contributed by atoms with van der Waals surface area (Å²) in [7, 11) is -3.61. The SMILES string of the molecule is CCOc1ccccc1CNC(=O)c1cccc(S(=O)(=O)N(CC)CC)c1. The Morgan fingerprint density at radius 1 is 1.04 bits per heavy atom. The van der Waals surface area contributed by atoms with Crippen molar-refractivity contribution in [3.05, 3.63) is 59.7 Å². The highest BCUT2D eigenvalue weighted by Gasteiger charge is 2.22. The van der Waals surface area contributed by atoms with Gasteiger partial charge >= 0.3 is 0 Å². The zero-order valence-electron chi connectivity index (χ0n) is 15.9. The van der Waals surface area contributed by atoms with Gasteiger partial charge in [-0.3, -0.25) is 4.79 Å². The summed E-state index contributed by atoms with van der Waals surface area (Å²) >= 11 is 0. The predicted molar refractivity (Wildman–Crippen MR) is 105 cm³/mol. The molecule has 1 N–H and O–H groups in total. The van der Waals surface area contributed by atoms with Crippen molar-refractivity contribution < 1.29 is 17.9 Å². The largest absolute Gasteiger partial charge is 0.494 e. The van der Waals surface area contributed by atoms with Crippen molar-refractivity contribution in [3.8, 4) is 5.75 Å². The highest BCUT2D eigenvalue weighted by molar-refractivity contribution is 7.89. The maximum absolute atomic E-state index is 12.6. The average molecular weight is 391 g/mol. The Balaban J connectivity index is 2.17. The molecule has 146 valence electrons. The average Bonchev–Trinajstić information content (AvgIpc) is 2.68. The summed E-state index contributed by atoms with van der Waals surface area (Å²) in [6, 6.07) is 13.6. The summed E-state index contributed by atoms with van der Waals surface area (Å²) < 4.78 is 32.2. The zero-order chi connectivity index (χ0) is 19.9. The summed E-state index contributed by atoms with van der Waals surface area (Å²) in [5.41, 5.74) is 1.16. The van der Waals surface area contributed by atoms with E-state index in [2.05, 4.69) is 5.32 Å². The van der Waals surface area contributed by atoms with Crippen molar-refractivity contribution in [2.45, 2.75) is 32.2 Å². The number of para-hydroxylation sites is 1. The number of benzene rings is 2. The van der Waals surface area contributed by atoms with Gasteiger partial charge in [0, 0.05) is 30.8 Å². The molecule has 0 bridgehead atoms. The molecule has 2 aromatic carbocycles. The third-order valence-corrected chi connectivity index (χ3v) is 6.20. The van der Waals surface area contributed by atoms with Crippen molar-refractivity contribution in [3.63, 3.8) is 0 Å². The Morgan fingerprint density at radius 2 is 1.74 bits per heavy atom. The van der Waals surface area contributed by atoms with Crippen molar-refractivity contribution in [1.29, 1.82) is 0 Å². The molecule has 0 spiro atoms. The lowest BCUT2D eigenvalue weighted by atomic mass is 10.1. The smallest absolute Gasteiger partial charge is 0.251 e. The number of sulfonamides is 1. The molecular formula is C20H26N2O4S. The summed E-state index contributed by atoms with van der Waals surface area (Å²) in [4.78, 5) is 12.6. The van der Waals surface area contributed by atoms with Crippen LogP contribution in [-0.2, 0) is 16.6 Å². The predicted octanol–water partition coefficient (Wildman–Crippen LogP) is 3.05. The lowest BCUT2D eigenvalue weighted by Gasteiger charge is -2.18. The molecule has 0 aliphatic carbocycles. The lowest BCUT2D eigenvalue weighted by molar-refractivity contribution is 0.0950. The fourth-order valence-corrected chi connectivity index (χ4v) is 4.24. The molecule has 0 atom stereocenters. The zero-order valence-corrected chi connectivity index (χ0v) is 16.8. The number of ether oxygens (including phenoxy) is 1. The molecule has 0 saturated carbocycles. The highest BCUT2D eigenvalue weighted by atomic mass is 32.2. The van der Waals surface area contributed by atoms with Gasteiger partial charge in [0.2, 0.25) is 10.0 Å². The number of nitrogens with zero attached hydrogens (tertiary/aromatic N) is 1. The van der Waals surface area contributed by atoms with Gasteiger partial charge in [0.15, 0.2) is 0 Å². The van der Waals surface area contributed by atoms with Crippen molar-refractivity contribution >= 4 is 15.9 Å². The van der Waals surface area contributed by atoms with Gasteiger partial charge in [0.05, 0.1) is 11.5 Å². The molecule has 27 heavy (non-hydrogen) atoms. The monoisotopic (exact) mass is 390 g/mol. The molecule has 2 aromatic rings. The van der Waals surface area contributed by atoms with Crippen LogP contribution in [0, 0.1) is 0 Å². The second kappa shape index (κ2) is 9.53. The summed E-state index contributed by atoms with van der Waals surface area (Å²) in [6.45, 7) is 7.06. The normalized spacial score (nSPS) is 11.4. The Morgan fingerprint density at radius 3 is 2.41 bits per heavy atom. The molecule has 0 fully saturated rings. The first-order valence-corrected chi connectivity index (χ1v) is 10.5. The van der Waals surface area contributed by atoms with Gasteiger partial charge in [-0.05, 0) is 31.2 Å². The quantitative estimate of drug-likeness (QED) is 0.714. The molecule has 0 radical (unpaired) electrons. The van der Waals surface area contributed by atoms with E-state index >= 15 is 0 Å². The van der Waals surface area contributed by atoms with Crippen molar-refractivity contribution in [2.24, 2.45) is 0 Å². The third-order valence-electron chi connectivity index (χ3n) is 4.15. The highest BCUT2D eigenvalue weighted by Crippen LogP contribution is 2.19. The Hall–Kier alpha value is -2.38. The first kappa shape index (κ1) is 20.9. The van der Waals surface area contributed by atoms with E-state index < -0.39 is 10.0 Å². The van der Waals surface area contributed by atoms with Gasteiger partial charge in [-0.1, -0.05) is 38.1 Å². The van der Waals surface area contributed by atoms with E-state index in [0.717, 1.165) is 11.3 Å². The van der Waals surface area contributed by atoms with Crippen LogP contribution in [0.4, 0.5) is 0 Å². The third kappa shape index (κ3) is 5.08. The van der Waals surface area contributed by atoms with Gasteiger partial charge in [-0.2, -0.15) is 4.31 Å². The summed E-state index contributed by atoms with van der Waals surface area (Å²) in [6.07, 6.45) is 0. The van der Waals surface area contributed by atoms with E-state index in [0.29, 0.717) is 31.8 Å². The molecule has 0 aromatic heterocycles. The van der Waals surface area contributed by atoms with E-state index in [-0.39, 0.29) is 10.8 Å². The Bertz CT molecular complexity index is 877. The minimum absolute atomic E-state index is 0.119. The van der Waals surface area contributed by atoms with Crippen molar-refractivity contribution in [1.82, 2.24) is 9.62 Å². The number of amides is 1. The van der Waals surface area contributed by atoms with E-state index in [4.69, 9.17) is 4.74 Å². The molecule has 7 heteroatoms. The van der Waals surface area contributed by atoms with Crippen LogP contribution in [0.5, 0.6) is 5.75 Å². The van der Waals surface area contributed by atoms with E-state index in [1.54, 1.807) is 26.0 Å². The molecular weight excluding hydrogens is 364 g/mol. The second-order valence-corrected chi connectivity index (χ2v) is 7.78. The number of hydrogen-bond acceptors (Lipinski definition) is 4. The van der Waals surface area contributed by atoms with Gasteiger partial charge in [0.25, 0.3) is 5.91 Å². The fourth-order valence-electron chi connectivity index (χ4n) is 2.73. The van der Waals surface area contributed by atoms with Crippen LogP contribution in [-0.4, -0.2) is 38.3 Å². The summed E-state index contributed by atoms with van der Waals surface area (Å²) in [5.74, 6) is 0.385. The molecule has 6 nitrogen and oxygen atoms in total. The topological polar surface area (TPSA) is 75.7 Å². The van der Waals surface area contributed by atoms with Gasteiger partial charge in [0.1, 0.15) is 5.75 Å². The standard InChI is InChI=1S/C20H26N2O4S/c1-4-22(5-2)27(24,25)18-12-9-11-16(14-18)20(23)21-15-17-10-7-8-13-19(17)26-6-3/h7-14H,4-6,15H2,1-3H3,(H,21,23). The second-order valence-electron chi connectivity index (χ2n) is 5.84. The number of carbonyl (C=O) groups excluding carboxylic acids is 1. The first-order chi connectivity index (χ1) is 12.9. The van der Waals surface area contributed by atoms with Crippen LogP contribution in [0.3, 0.4) is 0 Å². The van der Waals surface area contributed by atoms with Crippen LogP contribution in [0.2, 0.25) is 0 Å².